The van der Waals surface area contributed by atoms with Crippen LogP contribution in [-0.2, 0) is 6.54 Å². The molecule has 0 fully saturated rings. The van der Waals surface area contributed by atoms with Crippen molar-refractivity contribution in [1.82, 2.24) is 4.98 Å². The van der Waals surface area contributed by atoms with Crippen LogP contribution in [0.15, 0.2) is 54.7 Å². The number of hydrogen-bond donors (Lipinski definition) is 2. The largest absolute Gasteiger partial charge is 0.378 e. The first-order valence-electron chi connectivity index (χ1n) is 6.66. The van der Waals surface area contributed by atoms with Crippen LogP contribution in [0.4, 0.5) is 17.1 Å². The molecule has 3 rings (SSSR count). The Bertz CT molecular complexity index is 756. The number of nitrogens with one attached hydrogen (secondary N) is 2. The number of aromatic nitrogens is 1. The molecule has 0 aliphatic carbocycles. The van der Waals surface area contributed by atoms with Crippen LogP contribution >= 0.6 is 34.5 Å². The Hall–Kier alpha value is -1.75. The van der Waals surface area contributed by atoms with Gasteiger partial charge in [0.25, 0.3) is 0 Å². The fraction of sp³-hybridized carbons (Fsp3) is 0.0625. The predicted octanol–water partition coefficient (Wildman–Crippen LogP) is 5.81. The van der Waals surface area contributed by atoms with E-state index in [2.05, 4.69) is 15.6 Å². The monoisotopic (exact) mass is 349 g/mol. The highest BCUT2D eigenvalue weighted by Crippen LogP contribution is 2.27. The maximum absolute atomic E-state index is 5.91. The summed E-state index contributed by atoms with van der Waals surface area (Å²) in [6, 6.07) is 15.7. The number of halogens is 2. The molecule has 1 aromatic heterocycles. The molecule has 1 heterocycles. The van der Waals surface area contributed by atoms with Gasteiger partial charge in [-0.15, -0.1) is 11.3 Å². The van der Waals surface area contributed by atoms with Gasteiger partial charge in [0.05, 0.1) is 17.9 Å². The quantitative estimate of drug-likeness (QED) is 0.610. The fourth-order valence-corrected chi connectivity index (χ4v) is 3.03. The van der Waals surface area contributed by atoms with Gasteiger partial charge in [0.1, 0.15) is 0 Å². The number of hydrogen-bond acceptors (Lipinski definition) is 4. The second-order valence-electron chi connectivity index (χ2n) is 4.61. The molecule has 0 unspecified atom stereocenters. The van der Waals surface area contributed by atoms with Crippen LogP contribution in [-0.4, -0.2) is 4.98 Å². The van der Waals surface area contributed by atoms with E-state index in [4.69, 9.17) is 23.2 Å². The molecule has 6 heteroatoms. The number of nitrogens with zero attached hydrogens (tertiary/aromatic N) is 1. The van der Waals surface area contributed by atoms with E-state index < -0.39 is 0 Å². The molecule has 0 amide bonds. The van der Waals surface area contributed by atoms with Gasteiger partial charge in [-0.1, -0.05) is 35.3 Å². The van der Waals surface area contributed by atoms with E-state index in [1.165, 1.54) is 11.3 Å². The van der Waals surface area contributed by atoms with Crippen LogP contribution in [0.5, 0.6) is 0 Å². The second kappa shape index (κ2) is 7.01. The zero-order valence-electron chi connectivity index (χ0n) is 11.5. The lowest BCUT2D eigenvalue weighted by atomic mass is 10.2. The molecule has 22 heavy (non-hydrogen) atoms. The highest BCUT2D eigenvalue weighted by molar-refractivity contribution is 7.15. The van der Waals surface area contributed by atoms with E-state index in [9.17, 15) is 0 Å². The summed E-state index contributed by atoms with van der Waals surface area (Å²) in [5, 5.41) is 7.50. The molecule has 0 aliphatic heterocycles. The molecule has 0 radical (unpaired) electrons. The maximum atomic E-state index is 5.91. The maximum Gasteiger partial charge on any atom is 0.183 e. The summed E-state index contributed by atoms with van der Waals surface area (Å²) in [6.07, 6.45) is 1.79. The Morgan fingerprint density at radius 3 is 2.36 bits per heavy atom. The van der Waals surface area contributed by atoms with E-state index in [0.29, 0.717) is 11.0 Å². The fourth-order valence-electron chi connectivity index (χ4n) is 1.98. The van der Waals surface area contributed by atoms with Gasteiger partial charge in [-0.2, -0.15) is 0 Å². The van der Waals surface area contributed by atoms with Crippen molar-refractivity contribution in [3.63, 3.8) is 0 Å². The third-order valence-electron chi connectivity index (χ3n) is 3.03. The van der Waals surface area contributed by atoms with E-state index in [1.54, 1.807) is 6.20 Å². The van der Waals surface area contributed by atoms with Crippen LogP contribution in [0.25, 0.3) is 0 Å². The predicted molar refractivity (Wildman–Crippen MR) is 95.6 cm³/mol. The summed E-state index contributed by atoms with van der Waals surface area (Å²) < 4.78 is 0.560. The second-order valence-corrected chi connectivity index (χ2v) is 6.74. The lowest BCUT2D eigenvalue weighted by Crippen LogP contribution is -2.01. The molecular formula is C16H13Cl2N3S. The first-order valence-corrected chi connectivity index (χ1v) is 8.23. The number of benzene rings is 2. The van der Waals surface area contributed by atoms with Crippen LogP contribution in [0.1, 0.15) is 4.88 Å². The smallest absolute Gasteiger partial charge is 0.183 e. The minimum Gasteiger partial charge on any atom is -0.378 e. The van der Waals surface area contributed by atoms with Crippen LogP contribution < -0.4 is 10.6 Å². The minimum absolute atomic E-state index is 0.560. The summed E-state index contributed by atoms with van der Waals surface area (Å²) in [5.74, 6) is 0. The zero-order chi connectivity index (χ0) is 15.4. The van der Waals surface area contributed by atoms with Crippen LogP contribution in [0.3, 0.4) is 0 Å². The van der Waals surface area contributed by atoms with Crippen molar-refractivity contribution in [3.8, 4) is 0 Å². The van der Waals surface area contributed by atoms with Crippen molar-refractivity contribution >= 4 is 51.6 Å². The van der Waals surface area contributed by atoms with Gasteiger partial charge in [-0.3, -0.25) is 0 Å². The third kappa shape index (κ3) is 3.91. The normalized spacial score (nSPS) is 10.5. The molecule has 0 atom stereocenters. The lowest BCUT2D eigenvalue weighted by Gasteiger charge is -2.13. The summed E-state index contributed by atoms with van der Waals surface area (Å²) in [4.78, 5) is 5.13. The number of para-hydroxylation sites is 2. The highest BCUT2D eigenvalue weighted by Gasteiger charge is 2.04. The molecule has 2 aromatic carbocycles. The Balaban J connectivity index is 1.73. The van der Waals surface area contributed by atoms with Crippen molar-refractivity contribution in [3.05, 3.63) is 69.1 Å². The molecule has 2 N–H and O–H groups in total. The van der Waals surface area contributed by atoms with Crippen molar-refractivity contribution in [2.45, 2.75) is 6.54 Å². The average molecular weight is 350 g/mol. The average Bonchev–Trinajstić information content (AvgIpc) is 2.94. The van der Waals surface area contributed by atoms with Crippen LogP contribution in [0.2, 0.25) is 9.49 Å². The van der Waals surface area contributed by atoms with E-state index in [-0.39, 0.29) is 0 Å². The molecule has 0 bridgehead atoms. The summed E-state index contributed by atoms with van der Waals surface area (Å²) in [7, 11) is 0. The van der Waals surface area contributed by atoms with E-state index >= 15 is 0 Å². The van der Waals surface area contributed by atoms with Gasteiger partial charge in [-0.05, 0) is 36.4 Å². The first-order chi connectivity index (χ1) is 10.7. The van der Waals surface area contributed by atoms with Crippen molar-refractivity contribution in [2.24, 2.45) is 0 Å². The Morgan fingerprint density at radius 2 is 1.68 bits per heavy atom. The Morgan fingerprint density at radius 1 is 0.955 bits per heavy atom. The van der Waals surface area contributed by atoms with Crippen molar-refractivity contribution < 1.29 is 0 Å². The molecule has 0 saturated carbocycles. The van der Waals surface area contributed by atoms with Crippen LogP contribution in [0, 0.1) is 0 Å². The summed E-state index contributed by atoms with van der Waals surface area (Å²) >= 11 is 13.2. The third-order valence-corrected chi connectivity index (χ3v) is 4.40. The molecule has 3 aromatic rings. The Labute approximate surface area is 142 Å². The topological polar surface area (TPSA) is 37.0 Å². The van der Waals surface area contributed by atoms with Gasteiger partial charge < -0.3 is 10.6 Å². The van der Waals surface area contributed by atoms with Gasteiger partial charge in [-0.25, -0.2) is 4.98 Å². The zero-order valence-corrected chi connectivity index (χ0v) is 13.8. The molecular weight excluding hydrogens is 337 g/mol. The van der Waals surface area contributed by atoms with E-state index in [0.717, 1.165) is 27.0 Å². The SMILES string of the molecule is Clc1ccc(Nc2ccccc2NCc2cnc(Cl)s2)cc1. The van der Waals surface area contributed by atoms with Gasteiger partial charge in [0.2, 0.25) is 0 Å². The van der Waals surface area contributed by atoms with Crippen molar-refractivity contribution in [2.75, 3.05) is 10.6 Å². The molecule has 112 valence electrons. The standard InChI is InChI=1S/C16H13Cl2N3S/c17-11-5-7-12(8-6-11)21-15-4-2-1-3-14(15)19-9-13-10-20-16(18)22-13/h1-8,10,19,21H,9H2. The van der Waals surface area contributed by atoms with E-state index in [1.807, 2.05) is 48.5 Å². The van der Waals surface area contributed by atoms with Gasteiger partial charge >= 0.3 is 0 Å². The summed E-state index contributed by atoms with van der Waals surface area (Å²) in [5.41, 5.74) is 3.00. The lowest BCUT2D eigenvalue weighted by molar-refractivity contribution is 1.17. The molecule has 3 nitrogen and oxygen atoms in total. The highest BCUT2D eigenvalue weighted by atomic mass is 35.5. The number of anilines is 3. The Kier molecular flexibility index (Phi) is 4.83. The van der Waals surface area contributed by atoms with Gasteiger partial charge in [0, 0.05) is 21.8 Å². The number of rotatable bonds is 5. The van der Waals surface area contributed by atoms with Gasteiger partial charge in [0.15, 0.2) is 4.47 Å². The summed E-state index contributed by atoms with van der Waals surface area (Å²) in [6.45, 7) is 0.684. The first kappa shape index (κ1) is 15.2. The minimum atomic E-state index is 0.560. The number of thiazole rings is 1. The molecule has 0 spiro atoms. The molecule has 0 aliphatic rings. The molecule has 0 saturated heterocycles. The van der Waals surface area contributed by atoms with Crippen molar-refractivity contribution in [1.29, 1.82) is 0 Å².